The summed E-state index contributed by atoms with van der Waals surface area (Å²) in [4.78, 5) is 0. The average Bonchev–Trinajstić information content (AvgIpc) is 2.14. The molecule has 0 unspecified atom stereocenters. The van der Waals surface area contributed by atoms with E-state index in [1.165, 1.54) is 0 Å². The molecule has 1 aromatic carbocycles. The molecule has 2 nitrogen and oxygen atoms in total. The van der Waals surface area contributed by atoms with E-state index in [1.54, 1.807) is 0 Å². The molecule has 0 aliphatic carbocycles. The summed E-state index contributed by atoms with van der Waals surface area (Å²) >= 11 is 0. The summed E-state index contributed by atoms with van der Waals surface area (Å²) in [5, 5.41) is 9.84. The van der Waals surface area contributed by atoms with E-state index < -0.39 is 0 Å². The summed E-state index contributed by atoms with van der Waals surface area (Å²) < 4.78 is 0. The van der Waals surface area contributed by atoms with Crippen molar-refractivity contribution in [2.75, 3.05) is 6.54 Å². The van der Waals surface area contributed by atoms with E-state index in [9.17, 15) is 5.11 Å². The monoisotopic (exact) mass is 207 g/mol. The Morgan fingerprint density at radius 2 is 1.93 bits per heavy atom. The number of hydrogen-bond donors (Lipinski definition) is 2. The summed E-state index contributed by atoms with van der Waals surface area (Å²) in [6.07, 6.45) is 1.77. The number of rotatable bonds is 3. The van der Waals surface area contributed by atoms with E-state index >= 15 is 0 Å². The highest BCUT2D eigenvalue weighted by Gasteiger charge is 2.14. The van der Waals surface area contributed by atoms with Crippen LogP contribution in [0.3, 0.4) is 0 Å². The van der Waals surface area contributed by atoms with E-state index in [0.29, 0.717) is 12.3 Å². The van der Waals surface area contributed by atoms with Gasteiger partial charge in [0.2, 0.25) is 0 Å². The molecule has 0 fully saturated rings. The first-order valence-corrected chi connectivity index (χ1v) is 5.47. The fraction of sp³-hybridized carbons (Fsp3) is 0.538. The van der Waals surface area contributed by atoms with Crippen molar-refractivity contribution in [3.63, 3.8) is 0 Å². The maximum absolute atomic E-state index is 9.84. The number of nitrogens with two attached hydrogens (primary N) is 1. The van der Waals surface area contributed by atoms with E-state index in [0.717, 1.165) is 24.0 Å². The maximum atomic E-state index is 9.84. The second-order valence-electron chi connectivity index (χ2n) is 4.99. The normalized spacial score (nSPS) is 11.7. The highest BCUT2D eigenvalue weighted by atomic mass is 16.3. The van der Waals surface area contributed by atoms with Gasteiger partial charge in [0.25, 0.3) is 0 Å². The summed E-state index contributed by atoms with van der Waals surface area (Å²) in [7, 11) is 0. The Labute approximate surface area is 92.1 Å². The molecule has 0 spiro atoms. The first kappa shape index (κ1) is 12.1. The number of hydrogen-bond acceptors (Lipinski definition) is 2. The molecule has 0 amide bonds. The lowest BCUT2D eigenvalue weighted by molar-refractivity contribution is 0.463. The molecule has 0 aliphatic rings. The second kappa shape index (κ2) is 4.67. The van der Waals surface area contributed by atoms with Crippen LogP contribution in [0.15, 0.2) is 18.2 Å². The van der Waals surface area contributed by atoms with Crippen molar-refractivity contribution >= 4 is 0 Å². The predicted octanol–water partition coefficient (Wildman–Crippen LogP) is 2.58. The van der Waals surface area contributed by atoms with Gasteiger partial charge < -0.3 is 10.8 Å². The minimum absolute atomic E-state index is 0.0872. The van der Waals surface area contributed by atoms with Crippen molar-refractivity contribution in [3.8, 4) is 5.75 Å². The van der Waals surface area contributed by atoms with Gasteiger partial charge in [-0.2, -0.15) is 0 Å². The highest BCUT2D eigenvalue weighted by Crippen LogP contribution is 2.28. The van der Waals surface area contributed by atoms with Crippen LogP contribution >= 0.6 is 0 Å². The van der Waals surface area contributed by atoms with Crippen LogP contribution in [0.4, 0.5) is 0 Å². The van der Waals surface area contributed by atoms with Gasteiger partial charge in [-0.1, -0.05) is 32.9 Å². The van der Waals surface area contributed by atoms with Crippen LogP contribution in [0.2, 0.25) is 0 Å². The van der Waals surface area contributed by atoms with E-state index in [4.69, 9.17) is 5.73 Å². The maximum Gasteiger partial charge on any atom is 0.119 e. The zero-order valence-electron chi connectivity index (χ0n) is 9.88. The largest absolute Gasteiger partial charge is 0.508 e. The fourth-order valence-corrected chi connectivity index (χ4v) is 1.53. The fourth-order valence-electron chi connectivity index (χ4n) is 1.53. The van der Waals surface area contributed by atoms with Crippen molar-refractivity contribution in [1.29, 1.82) is 0 Å². The number of aryl methyl sites for hydroxylation is 1. The molecule has 0 radical (unpaired) electrons. The molecule has 84 valence electrons. The highest BCUT2D eigenvalue weighted by molar-refractivity contribution is 5.39. The topological polar surface area (TPSA) is 46.2 Å². The van der Waals surface area contributed by atoms with Crippen molar-refractivity contribution < 1.29 is 5.11 Å². The second-order valence-corrected chi connectivity index (χ2v) is 4.99. The van der Waals surface area contributed by atoms with Gasteiger partial charge in [-0.15, -0.1) is 0 Å². The van der Waals surface area contributed by atoms with Crippen LogP contribution in [-0.2, 0) is 11.8 Å². The van der Waals surface area contributed by atoms with Crippen molar-refractivity contribution in [1.82, 2.24) is 0 Å². The third kappa shape index (κ3) is 3.24. The lowest BCUT2D eigenvalue weighted by Gasteiger charge is -2.20. The molecular weight excluding hydrogens is 186 g/mol. The molecule has 0 saturated heterocycles. The molecule has 0 saturated carbocycles. The summed E-state index contributed by atoms with van der Waals surface area (Å²) in [5.41, 5.74) is 7.69. The quantitative estimate of drug-likeness (QED) is 0.800. The molecule has 0 aromatic heterocycles. The van der Waals surface area contributed by atoms with Crippen LogP contribution in [0, 0.1) is 0 Å². The molecule has 0 aliphatic heterocycles. The zero-order chi connectivity index (χ0) is 11.5. The zero-order valence-corrected chi connectivity index (χ0v) is 9.88. The molecule has 0 bridgehead atoms. The van der Waals surface area contributed by atoms with Gasteiger partial charge in [-0.25, -0.2) is 0 Å². The summed E-state index contributed by atoms with van der Waals surface area (Å²) in [5.74, 6) is 0.399. The van der Waals surface area contributed by atoms with Gasteiger partial charge in [0.15, 0.2) is 0 Å². The van der Waals surface area contributed by atoms with Gasteiger partial charge in [-0.05, 0) is 42.0 Å². The number of benzene rings is 1. The molecule has 0 atom stereocenters. The van der Waals surface area contributed by atoms with Gasteiger partial charge in [0.1, 0.15) is 5.75 Å². The first-order chi connectivity index (χ1) is 6.95. The van der Waals surface area contributed by atoms with Crippen LogP contribution in [0.5, 0.6) is 5.75 Å². The molecule has 1 rings (SSSR count). The van der Waals surface area contributed by atoms with E-state index in [-0.39, 0.29) is 5.41 Å². The van der Waals surface area contributed by atoms with Crippen LogP contribution < -0.4 is 5.73 Å². The molecule has 15 heavy (non-hydrogen) atoms. The average molecular weight is 207 g/mol. The minimum Gasteiger partial charge on any atom is -0.508 e. The number of phenols is 1. The Morgan fingerprint density at radius 3 is 2.40 bits per heavy atom. The Hall–Kier alpha value is -1.02. The van der Waals surface area contributed by atoms with Crippen molar-refractivity contribution in [3.05, 3.63) is 29.3 Å². The van der Waals surface area contributed by atoms with Gasteiger partial charge in [0.05, 0.1) is 0 Å². The molecule has 2 heteroatoms. The van der Waals surface area contributed by atoms with E-state index in [2.05, 4.69) is 26.8 Å². The van der Waals surface area contributed by atoms with Gasteiger partial charge in [0, 0.05) is 0 Å². The molecule has 3 N–H and O–H groups in total. The lowest BCUT2D eigenvalue weighted by atomic mass is 9.86. The number of phenolic OH excluding ortho intramolecular Hbond substituents is 1. The van der Waals surface area contributed by atoms with Crippen LogP contribution in [0.1, 0.15) is 38.3 Å². The smallest absolute Gasteiger partial charge is 0.119 e. The molecular formula is C13H21NO. The van der Waals surface area contributed by atoms with Gasteiger partial charge >= 0.3 is 0 Å². The predicted molar refractivity (Wildman–Crippen MR) is 64.2 cm³/mol. The SMILES string of the molecule is CC(C)(C)c1ccc(CCCN)c(O)c1. The standard InChI is InChI=1S/C13H21NO/c1-13(2,3)11-7-6-10(5-4-8-14)12(15)9-11/h6-7,9,15H,4-5,8,14H2,1-3H3. The van der Waals surface area contributed by atoms with Gasteiger partial charge in [-0.3, -0.25) is 0 Å². The summed E-state index contributed by atoms with van der Waals surface area (Å²) in [6.45, 7) is 7.09. The Bertz CT molecular complexity index is 326. The third-order valence-electron chi connectivity index (χ3n) is 2.60. The lowest BCUT2D eigenvalue weighted by Crippen LogP contribution is -2.11. The Kier molecular flexibility index (Phi) is 3.75. The molecule has 1 aromatic rings. The minimum atomic E-state index is 0.0872. The van der Waals surface area contributed by atoms with Crippen LogP contribution in [-0.4, -0.2) is 11.7 Å². The number of aromatic hydroxyl groups is 1. The van der Waals surface area contributed by atoms with Crippen molar-refractivity contribution in [2.24, 2.45) is 5.73 Å². The summed E-state index contributed by atoms with van der Waals surface area (Å²) in [6, 6.07) is 5.96. The Balaban J connectivity index is 2.88. The Morgan fingerprint density at radius 1 is 1.27 bits per heavy atom. The molecule has 0 heterocycles. The van der Waals surface area contributed by atoms with Crippen molar-refractivity contribution in [2.45, 2.75) is 39.0 Å². The third-order valence-corrected chi connectivity index (χ3v) is 2.60. The first-order valence-electron chi connectivity index (χ1n) is 5.47. The van der Waals surface area contributed by atoms with Crippen LogP contribution in [0.25, 0.3) is 0 Å². The van der Waals surface area contributed by atoms with E-state index in [1.807, 2.05) is 12.1 Å².